The van der Waals surface area contributed by atoms with Gasteiger partial charge in [0.15, 0.2) is 0 Å². The van der Waals surface area contributed by atoms with Crippen LogP contribution in [0.25, 0.3) is 0 Å². The fourth-order valence-corrected chi connectivity index (χ4v) is 4.26. The van der Waals surface area contributed by atoms with E-state index in [-0.39, 0.29) is 0 Å². The third-order valence-electron chi connectivity index (χ3n) is 3.82. The van der Waals surface area contributed by atoms with Crippen molar-refractivity contribution in [3.63, 3.8) is 0 Å². The molecule has 13 heavy (non-hydrogen) atoms. The maximum atomic E-state index is 3.72. The normalized spacial score (nSPS) is 52.2. The van der Waals surface area contributed by atoms with Gasteiger partial charge in [-0.3, -0.25) is 0 Å². The van der Waals surface area contributed by atoms with E-state index in [1.165, 1.54) is 17.3 Å². The summed E-state index contributed by atoms with van der Waals surface area (Å²) in [6.45, 7) is 0. The average molecular weight is 304 g/mol. The summed E-state index contributed by atoms with van der Waals surface area (Å²) in [7, 11) is 0. The lowest BCUT2D eigenvalue weighted by atomic mass is 9.77. The Morgan fingerprint density at radius 3 is 2.77 bits per heavy atom. The summed E-state index contributed by atoms with van der Waals surface area (Å²) in [5.74, 6) is 3.48. The molecule has 0 N–H and O–H groups in total. The summed E-state index contributed by atoms with van der Waals surface area (Å²) < 4.78 is 1.37. The van der Waals surface area contributed by atoms with Crippen molar-refractivity contribution in [3.8, 4) is 0 Å². The molecule has 3 aliphatic rings. The first-order chi connectivity index (χ1) is 6.25. The number of hydrogen-bond donors (Lipinski definition) is 0. The second kappa shape index (κ2) is 2.96. The van der Waals surface area contributed by atoms with E-state index in [1.807, 2.05) is 0 Å². The molecule has 70 valence electrons. The SMILES string of the molecule is BrC1=C[C@H]2[C@@H](C[C@H]1Br)[C@H]1C=C[C@@H]2C1. The predicted molar refractivity (Wildman–Crippen MR) is 62.1 cm³/mol. The van der Waals surface area contributed by atoms with Crippen molar-refractivity contribution in [3.05, 3.63) is 22.7 Å². The zero-order chi connectivity index (χ0) is 9.00. The summed E-state index contributed by atoms with van der Waals surface area (Å²) >= 11 is 7.37. The zero-order valence-electron chi connectivity index (χ0n) is 7.29. The molecule has 2 bridgehead atoms. The number of halogens is 2. The van der Waals surface area contributed by atoms with Crippen LogP contribution < -0.4 is 0 Å². The lowest BCUT2D eigenvalue weighted by Gasteiger charge is -2.32. The van der Waals surface area contributed by atoms with E-state index in [4.69, 9.17) is 0 Å². The lowest BCUT2D eigenvalue weighted by Crippen LogP contribution is -2.25. The molecular formula is C11H12Br2. The smallest absolute Gasteiger partial charge is 0.0461 e. The number of allylic oxidation sites excluding steroid dienone is 4. The molecule has 2 heteroatoms. The van der Waals surface area contributed by atoms with E-state index in [0.717, 1.165) is 23.7 Å². The molecule has 1 saturated carbocycles. The molecule has 1 fully saturated rings. The maximum absolute atomic E-state index is 3.72. The third-order valence-corrected chi connectivity index (χ3v) is 6.12. The molecule has 0 unspecified atom stereocenters. The number of alkyl halides is 1. The maximum Gasteiger partial charge on any atom is 0.0461 e. The van der Waals surface area contributed by atoms with Crippen LogP contribution in [-0.4, -0.2) is 4.83 Å². The van der Waals surface area contributed by atoms with Crippen LogP contribution in [0.2, 0.25) is 0 Å². The van der Waals surface area contributed by atoms with Gasteiger partial charge in [0.05, 0.1) is 0 Å². The second-order valence-electron chi connectivity index (χ2n) is 4.44. The molecule has 0 saturated heterocycles. The van der Waals surface area contributed by atoms with Crippen molar-refractivity contribution >= 4 is 31.9 Å². The lowest BCUT2D eigenvalue weighted by molar-refractivity contribution is 0.337. The number of hydrogen-bond acceptors (Lipinski definition) is 0. The van der Waals surface area contributed by atoms with Gasteiger partial charge in [0.1, 0.15) is 0 Å². The van der Waals surface area contributed by atoms with Crippen LogP contribution in [0.3, 0.4) is 0 Å². The topological polar surface area (TPSA) is 0 Å². The van der Waals surface area contributed by atoms with Crippen molar-refractivity contribution in [2.75, 3.05) is 0 Å². The second-order valence-corrected chi connectivity index (χ2v) is 6.47. The Morgan fingerprint density at radius 1 is 1.15 bits per heavy atom. The fraction of sp³-hybridized carbons (Fsp3) is 0.636. The van der Waals surface area contributed by atoms with Gasteiger partial charge in [-0.05, 0) is 36.5 Å². The largest absolute Gasteiger partial charge is 0.0848 e. The average Bonchev–Trinajstić information content (AvgIpc) is 2.67. The van der Waals surface area contributed by atoms with E-state index >= 15 is 0 Å². The molecule has 0 radical (unpaired) electrons. The molecule has 3 aliphatic carbocycles. The molecule has 5 atom stereocenters. The predicted octanol–water partition coefficient (Wildman–Crippen LogP) is 3.87. The van der Waals surface area contributed by atoms with Gasteiger partial charge in [-0.25, -0.2) is 0 Å². The van der Waals surface area contributed by atoms with Crippen LogP contribution in [0.1, 0.15) is 12.8 Å². The highest BCUT2D eigenvalue weighted by Crippen LogP contribution is 2.54. The van der Waals surface area contributed by atoms with E-state index < -0.39 is 0 Å². The van der Waals surface area contributed by atoms with E-state index in [9.17, 15) is 0 Å². The molecule has 3 rings (SSSR count). The highest BCUT2D eigenvalue weighted by atomic mass is 79.9. The number of fused-ring (bicyclic) bond motifs is 5. The Morgan fingerprint density at radius 2 is 1.92 bits per heavy atom. The molecule has 0 heterocycles. The molecule has 0 amide bonds. The monoisotopic (exact) mass is 302 g/mol. The van der Waals surface area contributed by atoms with E-state index in [1.54, 1.807) is 0 Å². The van der Waals surface area contributed by atoms with Crippen LogP contribution in [0.5, 0.6) is 0 Å². The molecule has 0 aromatic heterocycles. The van der Waals surface area contributed by atoms with Gasteiger partial charge < -0.3 is 0 Å². The van der Waals surface area contributed by atoms with Gasteiger partial charge in [0, 0.05) is 9.31 Å². The van der Waals surface area contributed by atoms with Crippen molar-refractivity contribution in [1.29, 1.82) is 0 Å². The Kier molecular flexibility index (Phi) is 1.99. The van der Waals surface area contributed by atoms with Gasteiger partial charge >= 0.3 is 0 Å². The molecular weight excluding hydrogens is 292 g/mol. The molecule has 0 aliphatic heterocycles. The third kappa shape index (κ3) is 1.21. The highest BCUT2D eigenvalue weighted by molar-refractivity contribution is 9.14. The fourth-order valence-electron chi connectivity index (χ4n) is 3.18. The first-order valence-electron chi connectivity index (χ1n) is 4.95. The van der Waals surface area contributed by atoms with Crippen LogP contribution in [0.4, 0.5) is 0 Å². The zero-order valence-corrected chi connectivity index (χ0v) is 10.5. The van der Waals surface area contributed by atoms with Gasteiger partial charge in [0.25, 0.3) is 0 Å². The molecule has 0 spiro atoms. The standard InChI is InChI=1S/C11H12Br2/c12-10-4-8-6-1-2-7(3-6)9(8)5-11(10)13/h1-2,4,6-9,11H,3,5H2/t6-,7+,8-,9+,11-/m1/s1. The van der Waals surface area contributed by atoms with Gasteiger partial charge in [-0.1, -0.05) is 50.1 Å². The van der Waals surface area contributed by atoms with Crippen LogP contribution in [0, 0.1) is 23.7 Å². The molecule has 0 aromatic rings. The minimum atomic E-state index is 0.571. The Labute approximate surface area is 95.7 Å². The first-order valence-corrected chi connectivity index (χ1v) is 6.66. The van der Waals surface area contributed by atoms with Gasteiger partial charge in [-0.2, -0.15) is 0 Å². The summed E-state index contributed by atoms with van der Waals surface area (Å²) in [4.78, 5) is 0.571. The minimum absolute atomic E-state index is 0.571. The van der Waals surface area contributed by atoms with Crippen molar-refractivity contribution < 1.29 is 0 Å². The Bertz CT molecular complexity index is 292. The van der Waals surface area contributed by atoms with Crippen molar-refractivity contribution in [1.82, 2.24) is 0 Å². The summed E-state index contributed by atoms with van der Waals surface area (Å²) in [5.41, 5.74) is 0. The van der Waals surface area contributed by atoms with Crippen LogP contribution >= 0.6 is 31.9 Å². The highest BCUT2D eigenvalue weighted by Gasteiger charge is 2.45. The summed E-state index contributed by atoms with van der Waals surface area (Å²) in [6.07, 6.45) is 10.0. The minimum Gasteiger partial charge on any atom is -0.0848 e. The van der Waals surface area contributed by atoms with Crippen LogP contribution in [0.15, 0.2) is 22.7 Å². The molecule has 0 aromatic carbocycles. The Balaban J connectivity index is 1.96. The summed E-state index contributed by atoms with van der Waals surface area (Å²) in [6, 6.07) is 0. The summed E-state index contributed by atoms with van der Waals surface area (Å²) in [5, 5.41) is 0. The first kappa shape index (κ1) is 8.72. The van der Waals surface area contributed by atoms with E-state index in [2.05, 4.69) is 50.1 Å². The number of rotatable bonds is 0. The van der Waals surface area contributed by atoms with Crippen molar-refractivity contribution in [2.24, 2.45) is 23.7 Å². The quantitative estimate of drug-likeness (QED) is 0.471. The van der Waals surface area contributed by atoms with Crippen molar-refractivity contribution in [2.45, 2.75) is 17.7 Å². The molecule has 0 nitrogen and oxygen atoms in total. The van der Waals surface area contributed by atoms with Crippen LogP contribution in [-0.2, 0) is 0 Å². The van der Waals surface area contributed by atoms with Gasteiger partial charge in [-0.15, -0.1) is 0 Å². The Hall–Kier alpha value is 0.440. The van der Waals surface area contributed by atoms with Gasteiger partial charge in [0.2, 0.25) is 0 Å². The van der Waals surface area contributed by atoms with E-state index in [0.29, 0.717) is 4.83 Å².